The van der Waals surface area contributed by atoms with E-state index in [1.165, 1.54) is 12.1 Å². The van der Waals surface area contributed by atoms with Gasteiger partial charge < -0.3 is 5.32 Å². The molecule has 2 aromatic rings. The van der Waals surface area contributed by atoms with Crippen molar-refractivity contribution in [1.29, 1.82) is 0 Å². The highest BCUT2D eigenvalue weighted by molar-refractivity contribution is 6.07. The third-order valence-electron chi connectivity index (χ3n) is 6.35. The fourth-order valence-electron chi connectivity index (χ4n) is 5.46. The highest BCUT2D eigenvalue weighted by Gasteiger charge is 2.73. The molecule has 2 fully saturated rings. The zero-order valence-corrected chi connectivity index (χ0v) is 14.5. The molecule has 0 unspecified atom stereocenters. The highest BCUT2D eigenvalue weighted by atomic mass is 19.1. The molecular formula is C20H18FN3O3. The summed E-state index contributed by atoms with van der Waals surface area (Å²) >= 11 is 0. The normalized spacial score (nSPS) is 31.7. The number of benzene rings is 2. The molecule has 4 atom stereocenters. The monoisotopic (exact) mass is 367 g/mol. The molecule has 2 aromatic carbocycles. The van der Waals surface area contributed by atoms with E-state index in [9.17, 15) is 19.3 Å². The Kier molecular flexibility index (Phi) is 3.40. The smallest absolute Gasteiger partial charge is 0.256 e. The molecule has 2 saturated heterocycles. The maximum atomic E-state index is 13.4. The third-order valence-corrected chi connectivity index (χ3v) is 6.35. The molecule has 0 aromatic heterocycles. The van der Waals surface area contributed by atoms with Crippen molar-refractivity contribution in [2.45, 2.75) is 36.4 Å². The minimum Gasteiger partial charge on any atom is -0.324 e. The molecular weight excluding hydrogens is 349 g/mol. The summed E-state index contributed by atoms with van der Waals surface area (Å²) in [7, 11) is 0. The van der Waals surface area contributed by atoms with Gasteiger partial charge in [-0.3, -0.25) is 19.8 Å². The van der Waals surface area contributed by atoms with Crippen LogP contribution in [0, 0.1) is 15.9 Å². The number of para-hydroxylation sites is 1. The Balaban J connectivity index is 1.76. The number of halogens is 1. The fourth-order valence-corrected chi connectivity index (χ4v) is 5.46. The van der Waals surface area contributed by atoms with E-state index in [4.69, 9.17) is 0 Å². The van der Waals surface area contributed by atoms with E-state index in [-0.39, 0.29) is 22.7 Å². The van der Waals surface area contributed by atoms with Gasteiger partial charge >= 0.3 is 0 Å². The van der Waals surface area contributed by atoms with Crippen LogP contribution in [0.4, 0.5) is 10.1 Å². The number of amides is 1. The van der Waals surface area contributed by atoms with Crippen LogP contribution in [-0.4, -0.2) is 34.4 Å². The first-order chi connectivity index (χ1) is 13.0. The number of carbonyl (C=O) groups excluding carboxylic acids is 1. The Labute approximate surface area is 155 Å². The topological polar surface area (TPSA) is 75.5 Å². The Morgan fingerprint density at radius 2 is 1.93 bits per heavy atom. The van der Waals surface area contributed by atoms with Crippen LogP contribution in [0.2, 0.25) is 0 Å². The quantitative estimate of drug-likeness (QED) is 0.654. The summed E-state index contributed by atoms with van der Waals surface area (Å²) in [4.78, 5) is 27.3. The zero-order chi connectivity index (χ0) is 18.8. The zero-order valence-electron chi connectivity index (χ0n) is 14.5. The lowest BCUT2D eigenvalue weighted by Gasteiger charge is -2.32. The number of carbonyl (C=O) groups is 1. The van der Waals surface area contributed by atoms with Gasteiger partial charge in [-0.15, -0.1) is 0 Å². The van der Waals surface area contributed by atoms with Crippen LogP contribution in [0.5, 0.6) is 0 Å². The van der Waals surface area contributed by atoms with Crippen molar-refractivity contribution in [2.75, 3.05) is 11.9 Å². The van der Waals surface area contributed by atoms with Crippen LogP contribution in [0.3, 0.4) is 0 Å². The summed E-state index contributed by atoms with van der Waals surface area (Å²) in [5, 5.41) is 15.2. The number of nitrogens with zero attached hydrogens (tertiary/aromatic N) is 2. The van der Waals surface area contributed by atoms with Crippen molar-refractivity contribution in [3.8, 4) is 0 Å². The van der Waals surface area contributed by atoms with Crippen LogP contribution >= 0.6 is 0 Å². The SMILES string of the molecule is O=C1Nc2ccccc2[C@]12[C@H]([N+](=O)[O-])[C@H](c1ccc(F)cc1)[C@H]1CCCN12. The Bertz CT molecular complexity index is 948. The molecule has 3 aliphatic rings. The maximum Gasteiger partial charge on any atom is 0.256 e. The number of anilines is 1. The summed E-state index contributed by atoms with van der Waals surface area (Å²) in [5.41, 5.74) is 0.706. The number of rotatable bonds is 2. The van der Waals surface area contributed by atoms with E-state index in [1.807, 2.05) is 23.1 Å². The summed E-state index contributed by atoms with van der Waals surface area (Å²) in [6.45, 7) is 0.633. The van der Waals surface area contributed by atoms with Gasteiger partial charge in [-0.25, -0.2) is 4.39 Å². The molecule has 1 N–H and O–H groups in total. The van der Waals surface area contributed by atoms with Gasteiger partial charge in [-0.2, -0.15) is 0 Å². The largest absolute Gasteiger partial charge is 0.324 e. The van der Waals surface area contributed by atoms with Gasteiger partial charge in [0.05, 0.1) is 5.92 Å². The first-order valence-corrected chi connectivity index (χ1v) is 9.12. The van der Waals surface area contributed by atoms with Crippen LogP contribution in [-0.2, 0) is 10.3 Å². The Morgan fingerprint density at radius 1 is 1.19 bits per heavy atom. The van der Waals surface area contributed by atoms with Crippen molar-refractivity contribution in [3.63, 3.8) is 0 Å². The predicted octanol–water partition coefficient (Wildman–Crippen LogP) is 2.88. The van der Waals surface area contributed by atoms with Gasteiger partial charge in [-0.1, -0.05) is 30.3 Å². The second kappa shape index (κ2) is 5.60. The van der Waals surface area contributed by atoms with Crippen LogP contribution in [0.1, 0.15) is 29.9 Å². The van der Waals surface area contributed by atoms with Gasteiger partial charge in [0.2, 0.25) is 0 Å². The van der Waals surface area contributed by atoms with E-state index in [2.05, 4.69) is 5.32 Å². The van der Waals surface area contributed by atoms with Gasteiger partial charge in [-0.05, 0) is 36.6 Å². The molecule has 0 radical (unpaired) electrons. The average Bonchev–Trinajstić information content (AvgIpc) is 3.30. The molecule has 1 spiro atoms. The molecule has 3 aliphatic heterocycles. The van der Waals surface area contributed by atoms with Crippen molar-refractivity contribution in [3.05, 3.63) is 75.6 Å². The predicted molar refractivity (Wildman–Crippen MR) is 96.4 cm³/mol. The average molecular weight is 367 g/mol. The van der Waals surface area contributed by atoms with E-state index >= 15 is 0 Å². The van der Waals surface area contributed by atoms with Gasteiger partial charge in [0, 0.05) is 28.8 Å². The second-order valence-corrected chi connectivity index (χ2v) is 7.48. The van der Waals surface area contributed by atoms with Crippen molar-refractivity contribution < 1.29 is 14.1 Å². The molecule has 138 valence electrons. The van der Waals surface area contributed by atoms with Gasteiger partial charge in [0.15, 0.2) is 5.54 Å². The summed E-state index contributed by atoms with van der Waals surface area (Å²) in [6.07, 6.45) is 1.66. The van der Waals surface area contributed by atoms with Crippen molar-refractivity contribution in [1.82, 2.24) is 4.90 Å². The molecule has 7 heteroatoms. The maximum absolute atomic E-state index is 13.4. The first kappa shape index (κ1) is 16.4. The summed E-state index contributed by atoms with van der Waals surface area (Å²) < 4.78 is 13.4. The molecule has 0 aliphatic carbocycles. The molecule has 3 heterocycles. The van der Waals surface area contributed by atoms with Crippen LogP contribution < -0.4 is 5.32 Å². The van der Waals surface area contributed by atoms with Crippen LogP contribution in [0.25, 0.3) is 0 Å². The highest BCUT2D eigenvalue weighted by Crippen LogP contribution is 2.57. The van der Waals surface area contributed by atoms with E-state index < -0.39 is 17.5 Å². The minimum atomic E-state index is -1.32. The first-order valence-electron chi connectivity index (χ1n) is 9.12. The lowest BCUT2D eigenvalue weighted by Crippen LogP contribution is -2.55. The number of nitrogens with one attached hydrogen (secondary N) is 1. The molecule has 0 bridgehead atoms. The molecule has 6 nitrogen and oxygen atoms in total. The lowest BCUT2D eigenvalue weighted by atomic mass is 9.77. The van der Waals surface area contributed by atoms with Gasteiger partial charge in [0.1, 0.15) is 5.82 Å². The van der Waals surface area contributed by atoms with E-state index in [0.717, 1.165) is 12.8 Å². The summed E-state index contributed by atoms with van der Waals surface area (Å²) in [5.74, 6) is -1.18. The molecule has 5 rings (SSSR count). The molecule has 27 heavy (non-hydrogen) atoms. The standard InChI is InChI=1S/C20H18FN3O3/c21-13-9-7-12(8-10-13)17-16-6-3-11-23(16)20(18(17)24(26)27)14-4-1-2-5-15(14)22-19(20)25/h1-2,4-5,7-10,16-18H,3,6,11H2,(H,22,25)/t16-,17-,18-,20+/m1/s1. The number of hydrogen-bond acceptors (Lipinski definition) is 4. The third kappa shape index (κ3) is 2.00. The van der Waals surface area contributed by atoms with Gasteiger partial charge in [0.25, 0.3) is 11.9 Å². The Hall–Kier alpha value is -2.80. The number of fused-ring (bicyclic) bond motifs is 4. The minimum absolute atomic E-state index is 0.122. The van der Waals surface area contributed by atoms with E-state index in [1.54, 1.807) is 18.2 Å². The van der Waals surface area contributed by atoms with E-state index in [0.29, 0.717) is 23.4 Å². The van der Waals surface area contributed by atoms with Crippen molar-refractivity contribution in [2.24, 2.45) is 0 Å². The molecule has 0 saturated carbocycles. The lowest BCUT2D eigenvalue weighted by molar-refractivity contribution is -0.534. The number of nitro groups is 1. The number of hydrogen-bond donors (Lipinski definition) is 1. The van der Waals surface area contributed by atoms with Crippen molar-refractivity contribution >= 4 is 11.6 Å². The van der Waals surface area contributed by atoms with Crippen LogP contribution in [0.15, 0.2) is 48.5 Å². The fraction of sp³-hybridized carbons (Fsp3) is 0.350. The Morgan fingerprint density at radius 3 is 2.67 bits per heavy atom. The summed E-state index contributed by atoms with van der Waals surface area (Å²) in [6, 6.07) is 11.9. The second-order valence-electron chi connectivity index (χ2n) is 7.48. The molecule has 1 amide bonds.